The summed E-state index contributed by atoms with van der Waals surface area (Å²) in [7, 11) is 0. The van der Waals surface area contributed by atoms with E-state index in [1.54, 1.807) is 24.1 Å². The molecule has 1 aliphatic heterocycles. The Balaban J connectivity index is 2.03. The first-order valence-electron chi connectivity index (χ1n) is 11.6. The van der Waals surface area contributed by atoms with Gasteiger partial charge in [0.15, 0.2) is 23.0 Å². The number of carbonyl (C=O) groups is 1. The number of ether oxygens (including phenoxy) is 1. The molecule has 2 heterocycles. The van der Waals surface area contributed by atoms with Gasteiger partial charge >= 0.3 is 0 Å². The SMILES string of the molecule is C=C[C@H](CC)N1CN([C@@H](c2ccccc2)c2ccc(Cl)c(F)c2OCC)n2ccc(=O)c(O)c2C1=O. The zero-order chi connectivity index (χ0) is 26.0. The molecule has 0 unspecified atom stereocenters. The summed E-state index contributed by atoms with van der Waals surface area (Å²) < 4.78 is 22.4. The van der Waals surface area contributed by atoms with Crippen molar-refractivity contribution in [3.05, 3.63) is 105 Å². The lowest BCUT2D eigenvalue weighted by atomic mass is 9.96. The van der Waals surface area contributed by atoms with Crippen molar-refractivity contribution in [2.45, 2.75) is 32.4 Å². The maximum absolute atomic E-state index is 15.2. The van der Waals surface area contributed by atoms with Crippen molar-refractivity contribution in [1.29, 1.82) is 0 Å². The first kappa shape index (κ1) is 25.3. The number of benzene rings is 2. The minimum atomic E-state index is -0.692. The third-order valence-electron chi connectivity index (χ3n) is 6.26. The summed E-state index contributed by atoms with van der Waals surface area (Å²) >= 11 is 6.09. The predicted molar refractivity (Wildman–Crippen MR) is 137 cm³/mol. The number of carbonyl (C=O) groups excluding carboxylic acids is 1. The Kier molecular flexibility index (Phi) is 7.35. The average Bonchev–Trinajstić information content (AvgIpc) is 2.88. The van der Waals surface area contributed by atoms with Gasteiger partial charge in [0, 0.05) is 17.8 Å². The maximum atomic E-state index is 15.2. The number of rotatable bonds is 8. The van der Waals surface area contributed by atoms with E-state index in [9.17, 15) is 14.7 Å². The van der Waals surface area contributed by atoms with Crippen molar-refractivity contribution >= 4 is 17.5 Å². The van der Waals surface area contributed by atoms with Gasteiger partial charge < -0.3 is 14.7 Å². The van der Waals surface area contributed by atoms with Crippen LogP contribution >= 0.6 is 11.6 Å². The van der Waals surface area contributed by atoms with Crippen LogP contribution in [0.15, 0.2) is 72.2 Å². The minimum absolute atomic E-state index is 0.00937. The zero-order valence-electron chi connectivity index (χ0n) is 20.0. The van der Waals surface area contributed by atoms with Crippen LogP contribution < -0.4 is 15.2 Å². The topological polar surface area (TPSA) is 75.0 Å². The van der Waals surface area contributed by atoms with Crippen molar-refractivity contribution in [2.75, 3.05) is 18.3 Å². The van der Waals surface area contributed by atoms with Crippen LogP contribution in [0.3, 0.4) is 0 Å². The van der Waals surface area contributed by atoms with E-state index in [1.165, 1.54) is 27.9 Å². The Bertz CT molecular complexity index is 1340. The number of halogens is 2. The molecule has 0 bridgehead atoms. The summed E-state index contributed by atoms with van der Waals surface area (Å²) in [5.74, 6) is -1.87. The molecule has 9 heteroatoms. The molecule has 2 atom stereocenters. The zero-order valence-corrected chi connectivity index (χ0v) is 20.8. The molecule has 1 aliphatic rings. The summed E-state index contributed by atoms with van der Waals surface area (Å²) in [5, 5.41) is 12.4. The lowest BCUT2D eigenvalue weighted by Crippen LogP contribution is -2.57. The fraction of sp³-hybridized carbons (Fsp3) is 0.259. The highest BCUT2D eigenvalue weighted by molar-refractivity contribution is 6.30. The second-order valence-electron chi connectivity index (χ2n) is 8.31. The van der Waals surface area contributed by atoms with E-state index >= 15 is 4.39 Å². The third-order valence-corrected chi connectivity index (χ3v) is 6.55. The highest BCUT2D eigenvalue weighted by Gasteiger charge is 2.39. The van der Waals surface area contributed by atoms with Crippen molar-refractivity contribution in [1.82, 2.24) is 9.58 Å². The monoisotopic (exact) mass is 511 g/mol. The van der Waals surface area contributed by atoms with Gasteiger partial charge in [-0.2, -0.15) is 0 Å². The molecule has 0 spiro atoms. The molecule has 36 heavy (non-hydrogen) atoms. The summed E-state index contributed by atoms with van der Waals surface area (Å²) in [6, 6.07) is 12.6. The Morgan fingerprint density at radius 3 is 2.53 bits per heavy atom. The van der Waals surface area contributed by atoms with Crippen LogP contribution in [0.2, 0.25) is 5.02 Å². The summed E-state index contributed by atoms with van der Waals surface area (Å²) in [4.78, 5) is 27.4. The largest absolute Gasteiger partial charge is 0.502 e. The Labute approximate surface area is 213 Å². The molecule has 0 aliphatic carbocycles. The normalized spacial score (nSPS) is 14.8. The lowest BCUT2D eigenvalue weighted by molar-refractivity contribution is 0.0626. The number of hydrogen-bond acceptors (Lipinski definition) is 5. The quantitative estimate of drug-likeness (QED) is 0.438. The summed E-state index contributed by atoms with van der Waals surface area (Å²) in [6.45, 7) is 7.78. The van der Waals surface area contributed by atoms with Crippen molar-refractivity contribution in [3.63, 3.8) is 0 Å². The van der Waals surface area contributed by atoms with Gasteiger partial charge in [0.2, 0.25) is 5.43 Å². The smallest absolute Gasteiger partial charge is 0.278 e. The third kappa shape index (κ3) is 4.33. The van der Waals surface area contributed by atoms with Crippen LogP contribution in [0, 0.1) is 5.82 Å². The molecule has 1 aromatic heterocycles. The van der Waals surface area contributed by atoms with Gasteiger partial charge in [-0.15, -0.1) is 6.58 Å². The van der Waals surface area contributed by atoms with E-state index in [4.69, 9.17) is 16.3 Å². The number of amides is 1. The molecule has 0 radical (unpaired) electrons. The van der Waals surface area contributed by atoms with Crippen LogP contribution in [0.5, 0.6) is 11.5 Å². The van der Waals surface area contributed by atoms with Gasteiger partial charge in [0.25, 0.3) is 5.91 Å². The van der Waals surface area contributed by atoms with Gasteiger partial charge in [-0.3, -0.25) is 19.3 Å². The Morgan fingerprint density at radius 2 is 1.89 bits per heavy atom. The summed E-state index contributed by atoms with van der Waals surface area (Å²) in [5.41, 5.74) is 0.384. The first-order valence-corrected chi connectivity index (χ1v) is 12.0. The number of aromatic hydroxyl groups is 1. The first-order chi connectivity index (χ1) is 17.3. The molecule has 0 saturated carbocycles. The predicted octanol–water partition coefficient (Wildman–Crippen LogP) is 4.85. The molecule has 4 rings (SSSR count). The van der Waals surface area contributed by atoms with Crippen molar-refractivity contribution < 1.29 is 19.0 Å². The molecule has 7 nitrogen and oxygen atoms in total. The van der Waals surface area contributed by atoms with Crippen LogP contribution in [0.4, 0.5) is 4.39 Å². The number of pyridine rings is 1. The maximum Gasteiger partial charge on any atom is 0.278 e. The van der Waals surface area contributed by atoms with E-state index in [0.29, 0.717) is 12.0 Å². The molecular formula is C27H27ClFN3O4. The molecule has 188 valence electrons. The van der Waals surface area contributed by atoms with Crippen LogP contribution in [-0.4, -0.2) is 39.9 Å². The van der Waals surface area contributed by atoms with E-state index in [1.807, 2.05) is 37.3 Å². The van der Waals surface area contributed by atoms with Gasteiger partial charge in [-0.05, 0) is 25.0 Å². The Morgan fingerprint density at radius 1 is 1.17 bits per heavy atom. The molecular weight excluding hydrogens is 485 g/mol. The van der Waals surface area contributed by atoms with E-state index < -0.39 is 28.9 Å². The fourth-order valence-electron chi connectivity index (χ4n) is 4.53. The second-order valence-corrected chi connectivity index (χ2v) is 8.72. The van der Waals surface area contributed by atoms with Crippen LogP contribution in [0.1, 0.15) is 47.9 Å². The minimum Gasteiger partial charge on any atom is -0.502 e. The second kappa shape index (κ2) is 10.5. The highest BCUT2D eigenvalue weighted by Crippen LogP contribution is 2.40. The molecule has 0 saturated heterocycles. The van der Waals surface area contributed by atoms with Gasteiger partial charge in [0.05, 0.1) is 17.7 Å². The fourth-order valence-corrected chi connectivity index (χ4v) is 4.68. The number of aromatic nitrogens is 1. The molecule has 3 aromatic rings. The number of nitrogens with zero attached hydrogens (tertiary/aromatic N) is 3. The number of fused-ring (bicyclic) bond motifs is 1. The van der Waals surface area contributed by atoms with E-state index in [0.717, 1.165) is 5.56 Å². The molecule has 1 N–H and O–H groups in total. The molecule has 0 fully saturated rings. The van der Waals surface area contributed by atoms with E-state index in [-0.39, 0.29) is 35.8 Å². The van der Waals surface area contributed by atoms with Gasteiger partial charge in [-0.25, -0.2) is 4.39 Å². The number of hydrogen-bond donors (Lipinski definition) is 1. The average molecular weight is 512 g/mol. The van der Waals surface area contributed by atoms with E-state index in [2.05, 4.69) is 6.58 Å². The van der Waals surface area contributed by atoms with Crippen molar-refractivity contribution in [3.8, 4) is 11.5 Å². The van der Waals surface area contributed by atoms with Gasteiger partial charge in [-0.1, -0.05) is 61.0 Å². The molecule has 2 aromatic carbocycles. The van der Waals surface area contributed by atoms with Gasteiger partial charge in [0.1, 0.15) is 12.7 Å². The standard InChI is InChI=1S/C27H27ClFN3O4/c1-4-18(5-2)30-16-32(31-15-14-21(33)25(34)24(31)27(30)35)23(17-10-8-7-9-11-17)19-12-13-20(28)22(29)26(19)36-6-3/h4,7-15,18,23,34H,1,5-6,16H2,2-3H3/t18-,23+/m1/s1. The Hall–Kier alpha value is -3.78. The highest BCUT2D eigenvalue weighted by atomic mass is 35.5. The molecule has 1 amide bonds. The van der Waals surface area contributed by atoms with Crippen molar-refractivity contribution in [2.24, 2.45) is 0 Å². The van der Waals surface area contributed by atoms with Crippen LogP contribution in [0.25, 0.3) is 0 Å². The summed E-state index contributed by atoms with van der Waals surface area (Å²) in [6.07, 6.45) is 3.65. The van der Waals surface area contributed by atoms with Crippen LogP contribution in [-0.2, 0) is 0 Å². The lowest BCUT2D eigenvalue weighted by Gasteiger charge is -2.46.